The summed E-state index contributed by atoms with van der Waals surface area (Å²) in [6, 6.07) is 0. The van der Waals surface area contributed by atoms with Gasteiger partial charge in [-0.1, -0.05) is 0 Å². The summed E-state index contributed by atoms with van der Waals surface area (Å²) in [5, 5.41) is 0. The van der Waals surface area contributed by atoms with Gasteiger partial charge in [0.2, 0.25) is 0 Å². The normalized spacial score (nSPS) is 4.50. The summed E-state index contributed by atoms with van der Waals surface area (Å²) < 4.78 is 4.25. The maximum Gasteiger partial charge on any atom is 0.0351 e. The molecule has 4 heavy (non-hydrogen) atoms. The number of hydrogen-bond acceptors (Lipinski definition) is 1. The zero-order valence-corrected chi connectivity index (χ0v) is 5.03. The first-order valence-corrected chi connectivity index (χ1v) is 0.816. The molecule has 0 aromatic heterocycles. The Morgan fingerprint density at radius 1 is 1.25 bits per heavy atom. The van der Waals surface area contributed by atoms with Crippen LogP contribution in [-0.4, -0.2) is 14.2 Å². The maximum atomic E-state index is 4.25. The zero-order chi connectivity index (χ0) is 2.71. The van der Waals surface area contributed by atoms with Crippen LogP contribution < -0.4 is 0 Å². The molecule has 0 heterocycles. The van der Waals surface area contributed by atoms with Crippen molar-refractivity contribution in [3.8, 4) is 0 Å². The van der Waals surface area contributed by atoms with Crippen molar-refractivity contribution in [1.29, 1.82) is 0 Å². The topological polar surface area (TPSA) is 9.23 Å². The van der Waals surface area contributed by atoms with E-state index in [9.17, 15) is 0 Å². The standard InChI is InChI=1S/C2H6O.Gd/c1-3-2;/h1-2H3;. The van der Waals surface area contributed by atoms with Crippen LogP contribution >= 0.6 is 0 Å². The van der Waals surface area contributed by atoms with Gasteiger partial charge in [0.1, 0.15) is 0 Å². The van der Waals surface area contributed by atoms with Crippen molar-refractivity contribution in [1.82, 2.24) is 0 Å². The molecule has 0 spiro atoms. The van der Waals surface area contributed by atoms with E-state index in [4.69, 9.17) is 0 Å². The van der Waals surface area contributed by atoms with Crippen molar-refractivity contribution in [2.75, 3.05) is 14.2 Å². The van der Waals surface area contributed by atoms with Crippen LogP contribution in [0.4, 0.5) is 0 Å². The van der Waals surface area contributed by atoms with Gasteiger partial charge in [-0.15, -0.1) is 0 Å². The smallest absolute Gasteiger partial charge is 0.0351 e. The molecule has 1 nitrogen and oxygen atoms in total. The molecule has 0 bridgehead atoms. The number of ether oxygens (including phenoxy) is 1. The minimum Gasteiger partial charge on any atom is -0.388 e. The van der Waals surface area contributed by atoms with E-state index in [-0.39, 0.29) is 39.9 Å². The summed E-state index contributed by atoms with van der Waals surface area (Å²) in [6.45, 7) is 0. The Hall–Kier alpha value is 1.28. The fourth-order valence-electron chi connectivity index (χ4n) is 0. The second-order valence-electron chi connectivity index (χ2n) is 0.408. The minimum atomic E-state index is 0. The van der Waals surface area contributed by atoms with Crippen LogP contribution in [-0.2, 0) is 4.74 Å². The molecule has 0 atom stereocenters. The van der Waals surface area contributed by atoms with Gasteiger partial charge in [0.05, 0.1) is 0 Å². The largest absolute Gasteiger partial charge is 0.388 e. The monoisotopic (exact) mass is 204 g/mol. The summed E-state index contributed by atoms with van der Waals surface area (Å²) in [7, 11) is 3.25. The predicted molar refractivity (Wildman–Crippen MR) is 12.9 cm³/mol. The van der Waals surface area contributed by atoms with Crippen LogP contribution in [0.2, 0.25) is 0 Å². The molecule has 2 heteroatoms. The molecule has 0 saturated carbocycles. The fourth-order valence-corrected chi connectivity index (χ4v) is 0. The third kappa shape index (κ3) is 10.4. The fraction of sp³-hybridized carbons (Fsp3) is 1.00. The number of methoxy groups -OCH3 is 1. The van der Waals surface area contributed by atoms with Gasteiger partial charge < -0.3 is 4.74 Å². The molecule has 0 aliphatic rings. The molecule has 0 amide bonds. The Bertz CT molecular complexity index is 6.00. The molecule has 0 rings (SSSR count). The van der Waals surface area contributed by atoms with Crippen LogP contribution in [0.5, 0.6) is 0 Å². The number of rotatable bonds is 0. The van der Waals surface area contributed by atoms with E-state index in [1.807, 2.05) is 0 Å². The first-order chi connectivity index (χ1) is 1.41. The van der Waals surface area contributed by atoms with Gasteiger partial charge in [-0.05, 0) is 0 Å². The second-order valence-corrected chi connectivity index (χ2v) is 0.408. The van der Waals surface area contributed by atoms with Crippen LogP contribution in [0.15, 0.2) is 0 Å². The van der Waals surface area contributed by atoms with Crippen LogP contribution in [0.3, 0.4) is 0 Å². The van der Waals surface area contributed by atoms with Crippen molar-refractivity contribution < 1.29 is 44.7 Å². The van der Waals surface area contributed by atoms with Gasteiger partial charge >= 0.3 is 0 Å². The molecule has 0 aromatic rings. The Morgan fingerprint density at radius 3 is 1.25 bits per heavy atom. The van der Waals surface area contributed by atoms with Crippen molar-refractivity contribution >= 4 is 0 Å². The first-order valence-electron chi connectivity index (χ1n) is 0.816. The second kappa shape index (κ2) is 8.86. The molecule has 0 fully saturated rings. The Balaban J connectivity index is 0. The summed E-state index contributed by atoms with van der Waals surface area (Å²) in [6.07, 6.45) is 0. The number of hydrogen-bond donors (Lipinski definition) is 0. The summed E-state index contributed by atoms with van der Waals surface area (Å²) >= 11 is 0. The van der Waals surface area contributed by atoms with E-state index in [2.05, 4.69) is 4.74 Å². The predicted octanol–water partition coefficient (Wildman–Crippen LogP) is 0.263. The van der Waals surface area contributed by atoms with Crippen LogP contribution in [0, 0.1) is 39.9 Å². The summed E-state index contributed by atoms with van der Waals surface area (Å²) in [4.78, 5) is 0. The third-order valence-electron chi connectivity index (χ3n) is 0. The molecule has 0 unspecified atom stereocenters. The average Bonchev–Trinajstić information content (AvgIpc) is 0.918. The maximum absolute atomic E-state index is 4.25. The first kappa shape index (κ1) is 8.99. The summed E-state index contributed by atoms with van der Waals surface area (Å²) in [5.41, 5.74) is 0. The summed E-state index contributed by atoms with van der Waals surface area (Å²) in [5.74, 6) is 0. The molecule has 28 valence electrons. The Labute approximate surface area is 58.4 Å². The molecule has 0 radical (unpaired) electrons. The van der Waals surface area contributed by atoms with E-state index in [0.717, 1.165) is 0 Å². The van der Waals surface area contributed by atoms with E-state index in [1.54, 1.807) is 14.2 Å². The van der Waals surface area contributed by atoms with Gasteiger partial charge in [-0.25, -0.2) is 0 Å². The van der Waals surface area contributed by atoms with Crippen LogP contribution in [0.1, 0.15) is 0 Å². The zero-order valence-electron chi connectivity index (χ0n) is 2.76. The van der Waals surface area contributed by atoms with Gasteiger partial charge in [0.25, 0.3) is 0 Å². The van der Waals surface area contributed by atoms with Crippen molar-refractivity contribution in [2.24, 2.45) is 0 Å². The molecular weight excluding hydrogens is 197 g/mol. The quantitative estimate of drug-likeness (QED) is 0.549. The third-order valence-corrected chi connectivity index (χ3v) is 0. The molecule has 0 N–H and O–H groups in total. The van der Waals surface area contributed by atoms with Crippen molar-refractivity contribution in [3.63, 3.8) is 0 Å². The molecule has 0 aliphatic carbocycles. The Morgan fingerprint density at radius 2 is 1.25 bits per heavy atom. The van der Waals surface area contributed by atoms with Gasteiger partial charge in [-0.2, -0.15) is 0 Å². The SMILES string of the molecule is COC.[Gd]. The van der Waals surface area contributed by atoms with E-state index in [1.165, 1.54) is 0 Å². The van der Waals surface area contributed by atoms with Crippen molar-refractivity contribution in [2.45, 2.75) is 0 Å². The minimum absolute atomic E-state index is 0. The van der Waals surface area contributed by atoms with E-state index < -0.39 is 0 Å². The molecular formula is C2H6GdO. The Kier molecular flexibility index (Phi) is 19.9. The van der Waals surface area contributed by atoms with Gasteiger partial charge in [0.15, 0.2) is 0 Å². The van der Waals surface area contributed by atoms with Crippen LogP contribution in [0.25, 0.3) is 0 Å². The molecule has 0 aromatic carbocycles. The van der Waals surface area contributed by atoms with Gasteiger partial charge in [-0.3, -0.25) is 0 Å². The molecule has 0 saturated heterocycles. The average molecular weight is 203 g/mol. The van der Waals surface area contributed by atoms with Crippen molar-refractivity contribution in [3.05, 3.63) is 0 Å². The van der Waals surface area contributed by atoms with E-state index in [0.29, 0.717) is 0 Å². The van der Waals surface area contributed by atoms with E-state index >= 15 is 0 Å². The van der Waals surface area contributed by atoms with Gasteiger partial charge in [0, 0.05) is 54.2 Å². The molecule has 0 aliphatic heterocycles.